The van der Waals surface area contributed by atoms with Crippen molar-refractivity contribution < 1.29 is 4.63 Å². The van der Waals surface area contributed by atoms with Gasteiger partial charge in [-0.15, -0.1) is 0 Å². The summed E-state index contributed by atoms with van der Waals surface area (Å²) in [6.07, 6.45) is 3.69. The fourth-order valence-corrected chi connectivity index (χ4v) is 2.97. The minimum atomic E-state index is 0.698. The van der Waals surface area contributed by atoms with E-state index in [-0.39, 0.29) is 0 Å². The second-order valence-corrected chi connectivity index (χ2v) is 5.58. The summed E-state index contributed by atoms with van der Waals surface area (Å²) in [6, 6.07) is 11.8. The molecule has 0 saturated carbocycles. The van der Waals surface area contributed by atoms with Crippen LogP contribution in [0.5, 0.6) is 0 Å². The summed E-state index contributed by atoms with van der Waals surface area (Å²) in [6.45, 7) is 1.95. The van der Waals surface area contributed by atoms with Crippen molar-refractivity contribution in [3.63, 3.8) is 0 Å². The van der Waals surface area contributed by atoms with Crippen molar-refractivity contribution in [3.05, 3.63) is 54.6 Å². The molecule has 0 unspecified atom stereocenters. The summed E-state index contributed by atoms with van der Waals surface area (Å²) in [5.74, 6) is 1.68. The van der Waals surface area contributed by atoms with Crippen LogP contribution in [0.25, 0.3) is 39.1 Å². The summed E-state index contributed by atoms with van der Waals surface area (Å²) in [4.78, 5) is 12.2. The average molecular weight is 316 g/mol. The molecule has 5 rings (SSSR count). The number of aryl methyl sites for hydroxylation is 1. The number of fused-ring (bicyclic) bond motifs is 2. The fourth-order valence-electron chi connectivity index (χ4n) is 2.97. The molecule has 3 aromatic heterocycles. The lowest BCUT2D eigenvalue weighted by atomic mass is 10.1. The van der Waals surface area contributed by atoms with Gasteiger partial charge in [0.05, 0.1) is 11.0 Å². The SMILES string of the molecule is Cc1nc2ccc(-n3ccnc3-c3cccc4nonc34)cc2[nH]1. The molecule has 0 amide bonds. The van der Waals surface area contributed by atoms with Gasteiger partial charge in [0.15, 0.2) is 0 Å². The molecule has 0 aliphatic carbocycles. The molecule has 5 aromatic rings. The zero-order valence-electron chi connectivity index (χ0n) is 12.8. The van der Waals surface area contributed by atoms with E-state index in [2.05, 4.69) is 31.3 Å². The molecular formula is C17H12N6O. The van der Waals surface area contributed by atoms with E-state index in [0.29, 0.717) is 11.0 Å². The smallest absolute Gasteiger partial charge is 0.146 e. The van der Waals surface area contributed by atoms with E-state index in [1.807, 2.05) is 48.0 Å². The van der Waals surface area contributed by atoms with Crippen LogP contribution in [0.3, 0.4) is 0 Å². The number of hydrogen-bond donors (Lipinski definition) is 1. The minimum Gasteiger partial charge on any atom is -0.342 e. The van der Waals surface area contributed by atoms with Gasteiger partial charge in [-0.1, -0.05) is 6.07 Å². The number of H-pyrrole nitrogens is 1. The van der Waals surface area contributed by atoms with Crippen LogP contribution in [-0.4, -0.2) is 29.8 Å². The number of aromatic nitrogens is 6. The van der Waals surface area contributed by atoms with Crippen molar-refractivity contribution in [2.45, 2.75) is 6.92 Å². The van der Waals surface area contributed by atoms with E-state index in [9.17, 15) is 0 Å². The van der Waals surface area contributed by atoms with Crippen LogP contribution in [0.15, 0.2) is 53.4 Å². The van der Waals surface area contributed by atoms with Crippen molar-refractivity contribution in [3.8, 4) is 17.1 Å². The standard InChI is InChI=1S/C17H12N6O/c1-10-19-13-6-5-11(9-15(13)20-10)23-8-7-18-17(23)12-3-2-4-14-16(12)22-24-21-14/h2-9H,1H3,(H,19,20). The molecule has 0 aliphatic heterocycles. The van der Waals surface area contributed by atoms with E-state index >= 15 is 0 Å². The third kappa shape index (κ3) is 1.84. The Morgan fingerprint density at radius 2 is 2.04 bits per heavy atom. The number of aromatic amines is 1. The van der Waals surface area contributed by atoms with Gasteiger partial charge in [-0.05, 0) is 47.6 Å². The van der Waals surface area contributed by atoms with Gasteiger partial charge in [-0.25, -0.2) is 14.6 Å². The van der Waals surface area contributed by atoms with Gasteiger partial charge < -0.3 is 4.98 Å². The Morgan fingerprint density at radius 3 is 3.00 bits per heavy atom. The third-order valence-electron chi connectivity index (χ3n) is 4.03. The Bertz CT molecular complexity index is 1180. The highest BCUT2D eigenvalue weighted by Crippen LogP contribution is 2.28. The predicted octanol–water partition coefficient (Wildman–Crippen LogP) is 3.26. The Morgan fingerprint density at radius 1 is 1.08 bits per heavy atom. The largest absolute Gasteiger partial charge is 0.342 e. The number of hydrogen-bond acceptors (Lipinski definition) is 5. The highest BCUT2D eigenvalue weighted by Gasteiger charge is 2.14. The van der Waals surface area contributed by atoms with Gasteiger partial charge >= 0.3 is 0 Å². The van der Waals surface area contributed by atoms with Gasteiger partial charge in [-0.3, -0.25) is 4.57 Å². The first-order chi connectivity index (χ1) is 11.8. The second-order valence-electron chi connectivity index (χ2n) is 5.58. The molecule has 24 heavy (non-hydrogen) atoms. The molecule has 0 spiro atoms. The number of nitrogens with zero attached hydrogens (tertiary/aromatic N) is 5. The summed E-state index contributed by atoms with van der Waals surface area (Å²) in [7, 11) is 0. The Hall–Kier alpha value is -3.48. The molecule has 0 atom stereocenters. The number of benzene rings is 2. The molecule has 0 fully saturated rings. The lowest BCUT2D eigenvalue weighted by Crippen LogP contribution is -1.97. The zero-order chi connectivity index (χ0) is 16.1. The first kappa shape index (κ1) is 13.0. The first-order valence-corrected chi connectivity index (χ1v) is 7.51. The molecule has 3 heterocycles. The normalized spacial score (nSPS) is 11.5. The van der Waals surface area contributed by atoms with Crippen LogP contribution in [-0.2, 0) is 0 Å². The molecule has 7 nitrogen and oxygen atoms in total. The van der Waals surface area contributed by atoms with Crippen LogP contribution < -0.4 is 0 Å². The Labute approximate surface area is 135 Å². The quantitative estimate of drug-likeness (QED) is 0.540. The van der Waals surface area contributed by atoms with Crippen molar-refractivity contribution >= 4 is 22.1 Å². The van der Waals surface area contributed by atoms with Gasteiger partial charge in [0, 0.05) is 23.6 Å². The monoisotopic (exact) mass is 316 g/mol. The Kier molecular flexibility index (Phi) is 2.58. The van der Waals surface area contributed by atoms with Crippen LogP contribution >= 0.6 is 0 Å². The molecule has 0 saturated heterocycles. The van der Waals surface area contributed by atoms with Gasteiger partial charge in [0.2, 0.25) is 0 Å². The molecule has 2 aromatic carbocycles. The van der Waals surface area contributed by atoms with Crippen molar-refractivity contribution in [1.82, 2.24) is 29.8 Å². The minimum absolute atomic E-state index is 0.698. The lowest BCUT2D eigenvalue weighted by molar-refractivity contribution is 0.315. The second kappa shape index (κ2) is 4.76. The highest BCUT2D eigenvalue weighted by molar-refractivity contribution is 5.89. The summed E-state index contributed by atoms with van der Waals surface area (Å²) in [5, 5.41) is 7.91. The zero-order valence-corrected chi connectivity index (χ0v) is 12.8. The molecule has 0 aliphatic rings. The van der Waals surface area contributed by atoms with Gasteiger partial charge in [0.1, 0.15) is 22.7 Å². The van der Waals surface area contributed by atoms with Crippen molar-refractivity contribution in [1.29, 1.82) is 0 Å². The van der Waals surface area contributed by atoms with E-state index in [0.717, 1.165) is 33.9 Å². The van der Waals surface area contributed by atoms with Gasteiger partial charge in [-0.2, -0.15) is 0 Å². The van der Waals surface area contributed by atoms with E-state index in [1.54, 1.807) is 6.20 Å². The van der Waals surface area contributed by atoms with Gasteiger partial charge in [0.25, 0.3) is 0 Å². The summed E-state index contributed by atoms with van der Waals surface area (Å²) in [5.41, 5.74) is 5.21. The molecular weight excluding hydrogens is 304 g/mol. The van der Waals surface area contributed by atoms with Crippen LogP contribution in [0.4, 0.5) is 0 Å². The molecule has 0 radical (unpaired) electrons. The molecule has 116 valence electrons. The number of nitrogens with one attached hydrogen (secondary N) is 1. The summed E-state index contributed by atoms with van der Waals surface area (Å²) < 4.78 is 6.87. The van der Waals surface area contributed by atoms with Crippen LogP contribution in [0.2, 0.25) is 0 Å². The van der Waals surface area contributed by atoms with E-state index < -0.39 is 0 Å². The maximum absolute atomic E-state index is 4.86. The van der Waals surface area contributed by atoms with Crippen molar-refractivity contribution in [2.24, 2.45) is 0 Å². The third-order valence-corrected chi connectivity index (χ3v) is 4.03. The molecule has 7 heteroatoms. The first-order valence-electron chi connectivity index (χ1n) is 7.51. The fraction of sp³-hybridized carbons (Fsp3) is 0.0588. The lowest BCUT2D eigenvalue weighted by Gasteiger charge is -2.08. The van der Waals surface area contributed by atoms with Crippen LogP contribution in [0, 0.1) is 6.92 Å². The predicted molar refractivity (Wildman–Crippen MR) is 88.8 cm³/mol. The average Bonchev–Trinajstić information content (AvgIpc) is 3.31. The molecule has 0 bridgehead atoms. The van der Waals surface area contributed by atoms with Crippen LogP contribution in [0.1, 0.15) is 5.82 Å². The number of imidazole rings is 2. The van der Waals surface area contributed by atoms with E-state index in [1.165, 1.54) is 0 Å². The number of rotatable bonds is 2. The maximum Gasteiger partial charge on any atom is 0.146 e. The Balaban J connectivity index is 1.73. The highest BCUT2D eigenvalue weighted by atomic mass is 16.6. The van der Waals surface area contributed by atoms with E-state index in [4.69, 9.17) is 4.63 Å². The topological polar surface area (TPSA) is 85.4 Å². The van der Waals surface area contributed by atoms with Crippen molar-refractivity contribution in [2.75, 3.05) is 0 Å². The maximum atomic E-state index is 4.86. The molecule has 1 N–H and O–H groups in total. The summed E-state index contributed by atoms with van der Waals surface area (Å²) >= 11 is 0.